The predicted molar refractivity (Wildman–Crippen MR) is 109 cm³/mol. The molecule has 3 rings (SSSR count). The Morgan fingerprint density at radius 3 is 2.57 bits per heavy atom. The van der Waals surface area contributed by atoms with Crippen LogP contribution in [-0.4, -0.2) is 18.4 Å². The minimum atomic E-state index is -0.510. The highest BCUT2D eigenvalue weighted by Crippen LogP contribution is 2.21. The van der Waals surface area contributed by atoms with E-state index in [-0.39, 0.29) is 35.8 Å². The average molecular weight is 399 g/mol. The fraction of sp³-hybridized carbons (Fsp3) is 0.182. The zero-order chi connectivity index (χ0) is 20.1. The molecule has 1 atom stereocenters. The van der Waals surface area contributed by atoms with Crippen molar-refractivity contribution in [3.63, 3.8) is 0 Å². The number of benzene rings is 3. The first-order valence-corrected chi connectivity index (χ1v) is 9.29. The lowest BCUT2D eigenvalue weighted by molar-refractivity contribution is -0.126. The highest BCUT2D eigenvalue weighted by atomic mass is 35.5. The highest BCUT2D eigenvalue weighted by Gasteiger charge is 2.13. The van der Waals surface area contributed by atoms with Crippen molar-refractivity contribution in [3.8, 4) is 0 Å². The number of hydrogen-bond acceptors (Lipinski definition) is 2. The van der Waals surface area contributed by atoms with Crippen molar-refractivity contribution in [3.05, 3.63) is 82.6 Å². The molecular weight excluding hydrogens is 379 g/mol. The quantitative estimate of drug-likeness (QED) is 0.654. The molecule has 0 saturated heterocycles. The maximum Gasteiger partial charge on any atom is 0.239 e. The van der Waals surface area contributed by atoms with Crippen molar-refractivity contribution in [2.75, 3.05) is 6.54 Å². The van der Waals surface area contributed by atoms with E-state index in [1.165, 1.54) is 12.1 Å². The molecule has 0 aliphatic carbocycles. The molecule has 2 N–H and O–H groups in total. The summed E-state index contributed by atoms with van der Waals surface area (Å²) in [5.74, 6) is -1.08. The van der Waals surface area contributed by atoms with E-state index in [9.17, 15) is 14.0 Å². The number of fused-ring (bicyclic) bond motifs is 1. The van der Waals surface area contributed by atoms with Gasteiger partial charge in [0.15, 0.2) is 0 Å². The molecule has 0 heterocycles. The molecule has 4 nitrogen and oxygen atoms in total. The smallest absolute Gasteiger partial charge is 0.239 e. The standard InChI is InChI=1S/C22H20ClFN2O2/c1-14(16-9-10-20(24)19(23)11-16)26-22(28)13-25-21(27)12-17-7-4-6-15-5-2-3-8-18(15)17/h2-11,14H,12-13H2,1H3,(H,25,27)(H,26,28). The Hall–Kier alpha value is -2.92. The van der Waals surface area contributed by atoms with Gasteiger partial charge in [0, 0.05) is 0 Å². The summed E-state index contributed by atoms with van der Waals surface area (Å²) in [6, 6.07) is 17.6. The highest BCUT2D eigenvalue weighted by molar-refractivity contribution is 6.30. The Labute approximate surface area is 167 Å². The topological polar surface area (TPSA) is 58.2 Å². The summed E-state index contributed by atoms with van der Waals surface area (Å²) in [4.78, 5) is 24.4. The van der Waals surface area contributed by atoms with Crippen molar-refractivity contribution in [2.45, 2.75) is 19.4 Å². The molecule has 0 aliphatic rings. The minimum absolute atomic E-state index is 0.00184. The molecule has 0 bridgehead atoms. The van der Waals surface area contributed by atoms with Crippen LogP contribution in [0.15, 0.2) is 60.7 Å². The second kappa shape index (κ2) is 8.85. The molecule has 144 valence electrons. The number of carbonyl (C=O) groups excluding carboxylic acids is 2. The van der Waals surface area contributed by atoms with Gasteiger partial charge in [0.2, 0.25) is 11.8 Å². The normalized spacial score (nSPS) is 11.8. The van der Waals surface area contributed by atoms with Crippen LogP contribution in [0.2, 0.25) is 5.02 Å². The van der Waals surface area contributed by atoms with E-state index in [2.05, 4.69) is 10.6 Å². The lowest BCUT2D eigenvalue weighted by Gasteiger charge is -2.15. The number of rotatable bonds is 6. The van der Waals surface area contributed by atoms with E-state index < -0.39 is 5.82 Å². The fourth-order valence-corrected chi connectivity index (χ4v) is 3.21. The maximum atomic E-state index is 13.2. The monoisotopic (exact) mass is 398 g/mol. The first kappa shape index (κ1) is 19.8. The van der Waals surface area contributed by atoms with Gasteiger partial charge in [-0.3, -0.25) is 9.59 Å². The van der Waals surface area contributed by atoms with Crippen LogP contribution in [0, 0.1) is 5.82 Å². The van der Waals surface area contributed by atoms with Gasteiger partial charge in [-0.05, 0) is 41.0 Å². The molecule has 0 spiro atoms. The van der Waals surface area contributed by atoms with Crippen LogP contribution < -0.4 is 10.6 Å². The number of nitrogens with one attached hydrogen (secondary N) is 2. The molecule has 0 saturated carbocycles. The summed E-state index contributed by atoms with van der Waals surface area (Å²) in [5.41, 5.74) is 1.59. The summed E-state index contributed by atoms with van der Waals surface area (Å²) < 4.78 is 13.2. The van der Waals surface area contributed by atoms with E-state index in [0.717, 1.165) is 16.3 Å². The van der Waals surface area contributed by atoms with Crippen LogP contribution in [-0.2, 0) is 16.0 Å². The van der Waals surface area contributed by atoms with Crippen molar-refractivity contribution < 1.29 is 14.0 Å². The summed E-state index contributed by atoms with van der Waals surface area (Å²) in [5, 5.41) is 7.48. The molecular formula is C22H20ClFN2O2. The van der Waals surface area contributed by atoms with Crippen LogP contribution >= 0.6 is 11.6 Å². The van der Waals surface area contributed by atoms with Crippen molar-refractivity contribution >= 4 is 34.2 Å². The molecule has 1 unspecified atom stereocenters. The molecule has 3 aromatic carbocycles. The van der Waals surface area contributed by atoms with Crippen molar-refractivity contribution in [1.82, 2.24) is 10.6 Å². The van der Waals surface area contributed by atoms with Crippen LogP contribution in [0.1, 0.15) is 24.1 Å². The van der Waals surface area contributed by atoms with Crippen molar-refractivity contribution in [1.29, 1.82) is 0 Å². The third-order valence-electron chi connectivity index (χ3n) is 4.50. The summed E-state index contributed by atoms with van der Waals surface area (Å²) in [7, 11) is 0. The third kappa shape index (κ3) is 4.87. The predicted octanol–water partition coefficient (Wildman–Crippen LogP) is 4.17. The molecule has 0 aromatic heterocycles. The molecule has 3 aromatic rings. The van der Waals surface area contributed by atoms with Gasteiger partial charge in [-0.25, -0.2) is 4.39 Å². The van der Waals surface area contributed by atoms with Gasteiger partial charge in [0.1, 0.15) is 5.82 Å². The second-order valence-corrected chi connectivity index (χ2v) is 6.96. The summed E-state index contributed by atoms with van der Waals surface area (Å²) in [6.45, 7) is 1.63. The zero-order valence-electron chi connectivity index (χ0n) is 15.3. The second-order valence-electron chi connectivity index (χ2n) is 6.55. The Morgan fingerprint density at radius 1 is 1.04 bits per heavy atom. The van der Waals surface area contributed by atoms with E-state index in [4.69, 9.17) is 11.6 Å². The number of amides is 2. The van der Waals surface area contributed by atoms with E-state index in [1.54, 1.807) is 13.0 Å². The first-order valence-electron chi connectivity index (χ1n) is 8.91. The van der Waals surface area contributed by atoms with Gasteiger partial charge >= 0.3 is 0 Å². The van der Waals surface area contributed by atoms with Gasteiger partial charge in [-0.2, -0.15) is 0 Å². The molecule has 28 heavy (non-hydrogen) atoms. The lowest BCUT2D eigenvalue weighted by atomic mass is 10.0. The zero-order valence-corrected chi connectivity index (χ0v) is 16.1. The number of carbonyl (C=O) groups is 2. The summed E-state index contributed by atoms with van der Waals surface area (Å²) in [6.07, 6.45) is 0.192. The fourth-order valence-electron chi connectivity index (χ4n) is 3.02. The van der Waals surface area contributed by atoms with Crippen LogP contribution in [0.3, 0.4) is 0 Å². The molecule has 6 heteroatoms. The maximum absolute atomic E-state index is 13.2. The van der Waals surface area contributed by atoms with Gasteiger partial charge < -0.3 is 10.6 Å². The molecule has 0 radical (unpaired) electrons. The minimum Gasteiger partial charge on any atom is -0.348 e. The lowest BCUT2D eigenvalue weighted by Crippen LogP contribution is -2.38. The Kier molecular flexibility index (Phi) is 6.26. The first-order chi connectivity index (χ1) is 13.4. The molecule has 0 fully saturated rings. The third-order valence-corrected chi connectivity index (χ3v) is 4.79. The van der Waals surface area contributed by atoms with E-state index in [0.29, 0.717) is 5.56 Å². The molecule has 0 aliphatic heterocycles. The number of hydrogen-bond donors (Lipinski definition) is 2. The van der Waals surface area contributed by atoms with Crippen molar-refractivity contribution in [2.24, 2.45) is 0 Å². The van der Waals surface area contributed by atoms with Crippen LogP contribution in [0.25, 0.3) is 10.8 Å². The molecule has 2 amide bonds. The summed E-state index contributed by atoms with van der Waals surface area (Å²) >= 11 is 5.77. The van der Waals surface area contributed by atoms with Crippen LogP contribution in [0.5, 0.6) is 0 Å². The Bertz CT molecular complexity index is 1020. The Balaban J connectivity index is 1.53. The van der Waals surface area contributed by atoms with Crippen LogP contribution in [0.4, 0.5) is 4.39 Å². The van der Waals surface area contributed by atoms with Gasteiger partial charge in [0.25, 0.3) is 0 Å². The van der Waals surface area contributed by atoms with E-state index >= 15 is 0 Å². The van der Waals surface area contributed by atoms with Gasteiger partial charge in [0.05, 0.1) is 24.0 Å². The van der Waals surface area contributed by atoms with Gasteiger partial charge in [-0.15, -0.1) is 0 Å². The van der Waals surface area contributed by atoms with Gasteiger partial charge in [-0.1, -0.05) is 60.1 Å². The Morgan fingerprint density at radius 2 is 1.79 bits per heavy atom. The average Bonchev–Trinajstić information content (AvgIpc) is 2.69. The SMILES string of the molecule is CC(NC(=O)CNC(=O)Cc1cccc2ccccc12)c1ccc(F)c(Cl)c1. The number of halogens is 2. The van der Waals surface area contributed by atoms with E-state index in [1.807, 2.05) is 42.5 Å². The largest absolute Gasteiger partial charge is 0.348 e.